The Morgan fingerprint density at radius 2 is 1.63 bits per heavy atom. The van der Waals surface area contributed by atoms with E-state index in [1.165, 1.54) is 4.31 Å². The van der Waals surface area contributed by atoms with Gasteiger partial charge in [0.2, 0.25) is 15.9 Å². The number of piperidine rings is 1. The first-order chi connectivity index (χ1) is 14.5. The second-order valence-corrected chi connectivity index (χ2v) is 9.30. The highest BCUT2D eigenvalue weighted by Crippen LogP contribution is 2.27. The maximum Gasteiger partial charge on any atom is 0.243 e. The van der Waals surface area contributed by atoms with Gasteiger partial charge in [-0.25, -0.2) is 8.42 Å². The average molecular weight is 420 g/mol. The summed E-state index contributed by atoms with van der Waals surface area (Å²) >= 11 is 0. The van der Waals surface area contributed by atoms with Crippen molar-refractivity contribution in [1.29, 1.82) is 5.26 Å². The van der Waals surface area contributed by atoms with Gasteiger partial charge >= 0.3 is 0 Å². The fraction of sp³-hybridized carbons (Fsp3) is 0.217. The molecule has 4 rings (SSSR count). The van der Waals surface area contributed by atoms with Gasteiger partial charge in [0, 0.05) is 24.7 Å². The molecule has 3 aromatic carbocycles. The molecular formula is C23H21N3O3S. The van der Waals surface area contributed by atoms with E-state index in [4.69, 9.17) is 5.26 Å². The molecule has 1 fully saturated rings. The number of carbonyl (C=O) groups is 1. The van der Waals surface area contributed by atoms with Gasteiger partial charge in [0.1, 0.15) is 0 Å². The Morgan fingerprint density at radius 3 is 2.30 bits per heavy atom. The van der Waals surface area contributed by atoms with Crippen LogP contribution in [-0.2, 0) is 14.8 Å². The summed E-state index contributed by atoms with van der Waals surface area (Å²) in [5, 5.41) is 13.6. The standard InChI is InChI=1S/C23H21N3O3S/c24-16-17-5-8-21(9-6-17)25-23(27)19-11-13-26(14-12-19)30(28,29)22-10-7-18-3-1-2-4-20(18)15-22/h1-10,15,19H,11-14H2,(H,25,27). The van der Waals surface area contributed by atoms with Gasteiger partial charge in [-0.1, -0.05) is 30.3 Å². The lowest BCUT2D eigenvalue weighted by Crippen LogP contribution is -2.41. The number of fused-ring (bicyclic) bond motifs is 1. The Morgan fingerprint density at radius 1 is 0.967 bits per heavy atom. The highest BCUT2D eigenvalue weighted by atomic mass is 32.2. The maximum atomic E-state index is 13.1. The summed E-state index contributed by atoms with van der Waals surface area (Å²) in [6.45, 7) is 0.612. The molecular weight excluding hydrogens is 398 g/mol. The number of nitrogens with one attached hydrogen (secondary N) is 1. The molecule has 0 atom stereocenters. The molecule has 1 N–H and O–H groups in total. The molecule has 0 bridgehead atoms. The van der Waals surface area contributed by atoms with Crippen LogP contribution in [0.4, 0.5) is 5.69 Å². The predicted octanol–water partition coefficient (Wildman–Crippen LogP) is 3.75. The minimum Gasteiger partial charge on any atom is -0.326 e. The van der Waals surface area contributed by atoms with Crippen molar-refractivity contribution in [3.05, 3.63) is 72.3 Å². The van der Waals surface area contributed by atoms with Crippen LogP contribution in [0.5, 0.6) is 0 Å². The lowest BCUT2D eigenvalue weighted by Gasteiger charge is -2.30. The van der Waals surface area contributed by atoms with Gasteiger partial charge in [0.15, 0.2) is 0 Å². The first kappa shape index (κ1) is 20.1. The molecule has 1 aliphatic heterocycles. The van der Waals surface area contributed by atoms with Crippen LogP contribution in [0.25, 0.3) is 10.8 Å². The van der Waals surface area contributed by atoms with E-state index < -0.39 is 10.0 Å². The molecule has 1 saturated heterocycles. The molecule has 0 unspecified atom stereocenters. The topological polar surface area (TPSA) is 90.3 Å². The quantitative estimate of drug-likeness (QED) is 0.697. The van der Waals surface area contributed by atoms with Crippen molar-refractivity contribution in [2.75, 3.05) is 18.4 Å². The van der Waals surface area contributed by atoms with E-state index in [1.807, 2.05) is 36.4 Å². The molecule has 0 saturated carbocycles. The van der Waals surface area contributed by atoms with Crippen molar-refractivity contribution < 1.29 is 13.2 Å². The normalized spacial score (nSPS) is 15.6. The number of carbonyl (C=O) groups excluding carboxylic acids is 1. The second kappa shape index (κ2) is 8.27. The molecule has 1 heterocycles. The van der Waals surface area contributed by atoms with E-state index in [9.17, 15) is 13.2 Å². The largest absolute Gasteiger partial charge is 0.326 e. The molecule has 0 aliphatic carbocycles. The number of benzene rings is 3. The zero-order chi connectivity index (χ0) is 21.1. The van der Waals surface area contributed by atoms with Gasteiger partial charge in [-0.15, -0.1) is 0 Å². The Bertz CT molecular complexity index is 1220. The molecule has 1 amide bonds. The Hall–Kier alpha value is -3.21. The summed E-state index contributed by atoms with van der Waals surface area (Å²) in [6.07, 6.45) is 0.934. The van der Waals surface area contributed by atoms with Gasteiger partial charge in [0.05, 0.1) is 16.5 Å². The first-order valence-corrected chi connectivity index (χ1v) is 11.2. The Balaban J connectivity index is 1.41. The van der Waals surface area contributed by atoms with Crippen LogP contribution in [0, 0.1) is 17.2 Å². The fourth-order valence-electron chi connectivity index (χ4n) is 3.71. The number of hydrogen-bond acceptors (Lipinski definition) is 4. The van der Waals surface area contributed by atoms with Crippen molar-refractivity contribution in [1.82, 2.24) is 4.31 Å². The molecule has 30 heavy (non-hydrogen) atoms. The van der Waals surface area contributed by atoms with Crippen molar-refractivity contribution in [2.24, 2.45) is 5.92 Å². The second-order valence-electron chi connectivity index (χ2n) is 7.37. The zero-order valence-electron chi connectivity index (χ0n) is 16.3. The summed E-state index contributed by atoms with van der Waals surface area (Å²) in [4.78, 5) is 12.8. The van der Waals surface area contributed by atoms with Crippen LogP contribution in [0.2, 0.25) is 0 Å². The van der Waals surface area contributed by atoms with Crippen LogP contribution in [-0.4, -0.2) is 31.7 Å². The Labute approximate surface area is 175 Å². The maximum absolute atomic E-state index is 13.1. The summed E-state index contributed by atoms with van der Waals surface area (Å²) < 4.78 is 27.6. The monoisotopic (exact) mass is 419 g/mol. The van der Waals surface area contributed by atoms with Gasteiger partial charge in [-0.05, 0) is 60.0 Å². The highest BCUT2D eigenvalue weighted by molar-refractivity contribution is 7.89. The molecule has 0 aromatic heterocycles. The number of rotatable bonds is 4. The molecule has 0 radical (unpaired) electrons. The summed E-state index contributed by atoms with van der Waals surface area (Å²) in [6, 6.07) is 21.5. The number of sulfonamides is 1. The van der Waals surface area contributed by atoms with Crippen molar-refractivity contribution >= 4 is 32.4 Å². The van der Waals surface area contributed by atoms with E-state index in [0.29, 0.717) is 37.2 Å². The van der Waals surface area contributed by atoms with E-state index >= 15 is 0 Å². The van der Waals surface area contributed by atoms with Crippen molar-refractivity contribution in [3.63, 3.8) is 0 Å². The van der Waals surface area contributed by atoms with Gasteiger partial charge in [-0.3, -0.25) is 4.79 Å². The Kier molecular flexibility index (Phi) is 5.53. The summed E-state index contributed by atoms with van der Waals surface area (Å²) in [5.41, 5.74) is 1.16. The number of nitrogens with zero attached hydrogens (tertiary/aromatic N) is 2. The molecule has 0 spiro atoms. The number of amides is 1. The molecule has 6 nitrogen and oxygen atoms in total. The first-order valence-electron chi connectivity index (χ1n) is 9.77. The minimum atomic E-state index is -3.60. The van der Waals surface area contributed by atoms with E-state index in [1.54, 1.807) is 36.4 Å². The van der Waals surface area contributed by atoms with Gasteiger partial charge < -0.3 is 5.32 Å². The molecule has 152 valence electrons. The van der Waals surface area contributed by atoms with Crippen LogP contribution >= 0.6 is 0 Å². The SMILES string of the molecule is N#Cc1ccc(NC(=O)C2CCN(S(=O)(=O)c3ccc4ccccc4c3)CC2)cc1. The average Bonchev–Trinajstić information content (AvgIpc) is 2.79. The number of hydrogen-bond donors (Lipinski definition) is 1. The van der Waals surface area contributed by atoms with Crippen LogP contribution in [0.1, 0.15) is 18.4 Å². The third-order valence-corrected chi connectivity index (χ3v) is 7.36. The van der Waals surface area contributed by atoms with Gasteiger partial charge in [-0.2, -0.15) is 9.57 Å². The molecule has 3 aromatic rings. The van der Waals surface area contributed by atoms with Crippen molar-refractivity contribution in [2.45, 2.75) is 17.7 Å². The zero-order valence-corrected chi connectivity index (χ0v) is 17.1. The summed E-state index contributed by atoms with van der Waals surface area (Å²) in [5.74, 6) is -0.369. The van der Waals surface area contributed by atoms with E-state index in [2.05, 4.69) is 5.32 Å². The lowest BCUT2D eigenvalue weighted by atomic mass is 9.97. The number of anilines is 1. The van der Waals surface area contributed by atoms with Crippen LogP contribution in [0.3, 0.4) is 0 Å². The molecule has 7 heteroatoms. The third kappa shape index (κ3) is 4.06. The predicted molar refractivity (Wildman–Crippen MR) is 115 cm³/mol. The van der Waals surface area contributed by atoms with Crippen molar-refractivity contribution in [3.8, 4) is 6.07 Å². The van der Waals surface area contributed by atoms with Crippen LogP contribution < -0.4 is 5.32 Å². The van der Waals surface area contributed by atoms with E-state index in [-0.39, 0.29) is 16.7 Å². The van der Waals surface area contributed by atoms with Crippen LogP contribution in [0.15, 0.2) is 71.6 Å². The van der Waals surface area contributed by atoms with E-state index in [0.717, 1.165) is 10.8 Å². The number of nitriles is 1. The minimum absolute atomic E-state index is 0.123. The molecule has 1 aliphatic rings. The highest BCUT2D eigenvalue weighted by Gasteiger charge is 2.32. The smallest absolute Gasteiger partial charge is 0.243 e. The third-order valence-electron chi connectivity index (χ3n) is 5.46. The fourth-order valence-corrected chi connectivity index (χ4v) is 5.21. The lowest BCUT2D eigenvalue weighted by molar-refractivity contribution is -0.120. The van der Waals surface area contributed by atoms with Gasteiger partial charge in [0.25, 0.3) is 0 Å². The summed E-state index contributed by atoms with van der Waals surface area (Å²) in [7, 11) is -3.60.